The lowest BCUT2D eigenvalue weighted by molar-refractivity contribution is -0.131. The normalized spacial score (nSPS) is 14.2. The summed E-state index contributed by atoms with van der Waals surface area (Å²) in [5.74, 6) is 1.35. The highest BCUT2D eigenvalue weighted by Gasteiger charge is 2.36. The molecule has 0 N–H and O–H groups in total. The zero-order chi connectivity index (χ0) is 25.7. The third-order valence-electron chi connectivity index (χ3n) is 5.32. The molecule has 2 aromatic rings. The van der Waals surface area contributed by atoms with E-state index < -0.39 is 5.97 Å². The number of carbonyl (C=O) groups is 2. The average Bonchev–Trinajstić information content (AvgIpc) is 3.23. The lowest BCUT2D eigenvalue weighted by Crippen LogP contribution is -2.06. The van der Waals surface area contributed by atoms with Crippen molar-refractivity contribution in [3.63, 3.8) is 0 Å². The standard InChI is InChI=1S/C25H26O10/c1-28-16-8-13(9-17(29-2)23(16)33-6)21-15(12-26)20(25(27)35-21)22(32-5)14-10-18(30-3)24(34-7)19(11-14)31-4/h8-12H,1-7H3/b22-20+. The second-order valence-corrected chi connectivity index (χ2v) is 6.99. The minimum Gasteiger partial charge on any atom is -0.495 e. The third-order valence-corrected chi connectivity index (χ3v) is 5.32. The first-order valence-electron chi connectivity index (χ1n) is 10.2. The van der Waals surface area contributed by atoms with E-state index in [4.69, 9.17) is 37.9 Å². The molecule has 3 rings (SSSR count). The van der Waals surface area contributed by atoms with Crippen molar-refractivity contribution < 1.29 is 47.5 Å². The second-order valence-electron chi connectivity index (χ2n) is 6.99. The molecule has 0 fully saturated rings. The zero-order valence-electron chi connectivity index (χ0n) is 20.5. The molecule has 1 heterocycles. The molecule has 0 saturated heterocycles. The SMILES string of the molecule is CO/C(=C1/C(=O)OC(c2cc(OC)c(OC)c(OC)c2)=C1C=O)c1cc(OC)c(OC)c(OC)c1. The summed E-state index contributed by atoms with van der Waals surface area (Å²) in [7, 11) is 10.1. The molecule has 10 nitrogen and oxygen atoms in total. The van der Waals surface area contributed by atoms with Gasteiger partial charge < -0.3 is 37.9 Å². The van der Waals surface area contributed by atoms with Gasteiger partial charge in [0.2, 0.25) is 11.5 Å². The summed E-state index contributed by atoms with van der Waals surface area (Å²) >= 11 is 0. The number of cyclic esters (lactones) is 1. The fraction of sp³-hybridized carbons (Fsp3) is 0.280. The predicted octanol–water partition coefficient (Wildman–Crippen LogP) is 3.26. The van der Waals surface area contributed by atoms with Crippen molar-refractivity contribution in [2.75, 3.05) is 49.8 Å². The average molecular weight is 486 g/mol. The predicted molar refractivity (Wildman–Crippen MR) is 125 cm³/mol. The van der Waals surface area contributed by atoms with Gasteiger partial charge in [0.25, 0.3) is 0 Å². The molecule has 0 spiro atoms. The van der Waals surface area contributed by atoms with Crippen LogP contribution in [0.2, 0.25) is 0 Å². The summed E-state index contributed by atoms with van der Waals surface area (Å²) in [4.78, 5) is 25.3. The van der Waals surface area contributed by atoms with Crippen LogP contribution in [0, 0.1) is 0 Å². The first kappa shape index (κ1) is 25.3. The number of ether oxygens (including phenoxy) is 8. The van der Waals surface area contributed by atoms with Crippen molar-refractivity contribution in [1.29, 1.82) is 0 Å². The maximum absolute atomic E-state index is 13.0. The van der Waals surface area contributed by atoms with Gasteiger partial charge in [0.15, 0.2) is 29.3 Å². The second kappa shape index (κ2) is 10.7. The molecular weight excluding hydrogens is 460 g/mol. The van der Waals surface area contributed by atoms with Crippen LogP contribution in [-0.2, 0) is 19.1 Å². The fourth-order valence-corrected chi connectivity index (χ4v) is 3.75. The first-order chi connectivity index (χ1) is 16.9. The Labute approximate surface area is 202 Å². The van der Waals surface area contributed by atoms with Crippen molar-refractivity contribution in [2.24, 2.45) is 0 Å². The molecule has 0 saturated carbocycles. The van der Waals surface area contributed by atoms with E-state index >= 15 is 0 Å². The van der Waals surface area contributed by atoms with Crippen molar-refractivity contribution in [3.8, 4) is 34.5 Å². The van der Waals surface area contributed by atoms with E-state index in [1.165, 1.54) is 49.8 Å². The van der Waals surface area contributed by atoms with Gasteiger partial charge in [-0.05, 0) is 24.3 Å². The van der Waals surface area contributed by atoms with Crippen LogP contribution in [0.5, 0.6) is 34.5 Å². The van der Waals surface area contributed by atoms with E-state index in [9.17, 15) is 9.59 Å². The van der Waals surface area contributed by atoms with Gasteiger partial charge in [0.1, 0.15) is 17.1 Å². The molecule has 1 aliphatic heterocycles. The van der Waals surface area contributed by atoms with Gasteiger partial charge in [-0.25, -0.2) is 4.79 Å². The molecule has 0 unspecified atom stereocenters. The van der Waals surface area contributed by atoms with E-state index in [1.807, 2.05) is 0 Å². The Morgan fingerprint density at radius 2 is 1.17 bits per heavy atom. The number of aldehydes is 1. The Morgan fingerprint density at radius 1 is 0.714 bits per heavy atom. The van der Waals surface area contributed by atoms with E-state index in [2.05, 4.69) is 0 Å². The number of methoxy groups -OCH3 is 7. The first-order valence-corrected chi connectivity index (χ1v) is 10.2. The van der Waals surface area contributed by atoms with Gasteiger partial charge in [-0.2, -0.15) is 0 Å². The van der Waals surface area contributed by atoms with Crippen LogP contribution in [0.15, 0.2) is 35.4 Å². The lowest BCUT2D eigenvalue weighted by Gasteiger charge is -2.16. The number of hydrogen-bond acceptors (Lipinski definition) is 10. The molecule has 0 bridgehead atoms. The van der Waals surface area contributed by atoms with Crippen molar-refractivity contribution in [3.05, 3.63) is 46.5 Å². The maximum atomic E-state index is 13.0. The van der Waals surface area contributed by atoms with Crippen LogP contribution in [0.4, 0.5) is 0 Å². The summed E-state index contributed by atoms with van der Waals surface area (Å²) in [5.41, 5.74) is 0.681. The van der Waals surface area contributed by atoms with Crippen LogP contribution < -0.4 is 28.4 Å². The molecule has 0 amide bonds. The Morgan fingerprint density at radius 3 is 1.54 bits per heavy atom. The van der Waals surface area contributed by atoms with Crippen molar-refractivity contribution in [1.82, 2.24) is 0 Å². The number of esters is 1. The van der Waals surface area contributed by atoms with E-state index in [1.54, 1.807) is 24.3 Å². The van der Waals surface area contributed by atoms with Crippen LogP contribution in [0.3, 0.4) is 0 Å². The van der Waals surface area contributed by atoms with E-state index in [0.29, 0.717) is 51.9 Å². The summed E-state index contributed by atoms with van der Waals surface area (Å²) in [6.45, 7) is 0. The Kier molecular flexibility index (Phi) is 7.75. The van der Waals surface area contributed by atoms with Gasteiger partial charge in [0.05, 0.1) is 55.3 Å². The Balaban J connectivity index is 2.29. The monoisotopic (exact) mass is 486 g/mol. The third kappa shape index (κ3) is 4.42. The van der Waals surface area contributed by atoms with Crippen LogP contribution in [0.1, 0.15) is 11.1 Å². The highest BCUT2D eigenvalue weighted by molar-refractivity contribution is 6.17. The summed E-state index contributed by atoms with van der Waals surface area (Å²) in [6.07, 6.45) is 0.524. The van der Waals surface area contributed by atoms with Gasteiger partial charge in [-0.1, -0.05) is 0 Å². The van der Waals surface area contributed by atoms with Gasteiger partial charge in [-0.3, -0.25) is 4.79 Å². The Bertz CT molecular complexity index is 1160. The number of benzene rings is 2. The lowest BCUT2D eigenvalue weighted by atomic mass is 9.99. The molecule has 0 aliphatic carbocycles. The van der Waals surface area contributed by atoms with Gasteiger partial charge in [0, 0.05) is 11.1 Å². The smallest absolute Gasteiger partial charge is 0.348 e. The summed E-state index contributed by atoms with van der Waals surface area (Å²) < 4.78 is 43.4. The fourth-order valence-electron chi connectivity index (χ4n) is 3.75. The minimum atomic E-state index is -0.776. The highest BCUT2D eigenvalue weighted by atomic mass is 16.6. The summed E-state index contributed by atoms with van der Waals surface area (Å²) in [6, 6.07) is 6.34. The van der Waals surface area contributed by atoms with Gasteiger partial charge >= 0.3 is 5.97 Å². The minimum absolute atomic E-state index is 0.0150. The largest absolute Gasteiger partial charge is 0.495 e. The molecular formula is C25H26O10. The maximum Gasteiger partial charge on any atom is 0.348 e. The zero-order valence-corrected chi connectivity index (χ0v) is 20.5. The number of hydrogen-bond donors (Lipinski definition) is 0. The van der Waals surface area contributed by atoms with Crippen molar-refractivity contribution >= 4 is 23.8 Å². The molecule has 2 aromatic carbocycles. The number of rotatable bonds is 10. The van der Waals surface area contributed by atoms with E-state index in [0.717, 1.165) is 0 Å². The Hall–Kier alpha value is -4.34. The van der Waals surface area contributed by atoms with Crippen LogP contribution in [0.25, 0.3) is 11.5 Å². The van der Waals surface area contributed by atoms with Crippen LogP contribution >= 0.6 is 0 Å². The quantitative estimate of drug-likeness (QED) is 0.215. The van der Waals surface area contributed by atoms with Crippen LogP contribution in [-0.4, -0.2) is 62.0 Å². The van der Waals surface area contributed by atoms with E-state index in [-0.39, 0.29) is 22.7 Å². The molecule has 35 heavy (non-hydrogen) atoms. The molecule has 186 valence electrons. The molecule has 0 atom stereocenters. The molecule has 0 aromatic heterocycles. The molecule has 0 radical (unpaired) electrons. The molecule has 1 aliphatic rings. The topological polar surface area (TPSA) is 108 Å². The highest BCUT2D eigenvalue weighted by Crippen LogP contribution is 2.45. The van der Waals surface area contributed by atoms with Gasteiger partial charge in [-0.15, -0.1) is 0 Å². The van der Waals surface area contributed by atoms with Crippen molar-refractivity contribution in [2.45, 2.75) is 0 Å². The number of carbonyl (C=O) groups excluding carboxylic acids is 2. The molecule has 10 heteroatoms. The summed E-state index contributed by atoms with van der Waals surface area (Å²) in [5, 5.41) is 0.